The van der Waals surface area contributed by atoms with E-state index in [0.29, 0.717) is 30.2 Å². The Kier molecular flexibility index (Phi) is 7.56. The topological polar surface area (TPSA) is 86.5 Å². The zero-order valence-corrected chi connectivity index (χ0v) is 18.9. The summed E-state index contributed by atoms with van der Waals surface area (Å²) in [6, 6.07) is 14.8. The molecule has 0 atom stereocenters. The summed E-state index contributed by atoms with van der Waals surface area (Å²) >= 11 is 0. The number of benzene rings is 2. The fraction of sp³-hybridized carbons (Fsp3) is 0.320. The first-order chi connectivity index (χ1) is 15.5. The van der Waals surface area contributed by atoms with Gasteiger partial charge >= 0.3 is 5.97 Å². The van der Waals surface area contributed by atoms with Crippen LogP contribution in [-0.2, 0) is 21.8 Å². The molecule has 2 aromatic carbocycles. The molecule has 0 aliphatic carbocycles. The lowest BCUT2D eigenvalue weighted by Gasteiger charge is -2.26. The molecule has 0 spiro atoms. The van der Waals surface area contributed by atoms with E-state index in [-0.39, 0.29) is 5.56 Å². The van der Waals surface area contributed by atoms with E-state index in [1.54, 1.807) is 26.4 Å². The molecule has 1 heterocycles. The van der Waals surface area contributed by atoms with Crippen LogP contribution in [0.4, 0.5) is 0 Å². The minimum atomic E-state index is -0.996. The maximum atomic E-state index is 11.5. The van der Waals surface area contributed by atoms with Crippen LogP contribution in [0.25, 0.3) is 17.2 Å². The first kappa shape index (κ1) is 23.4. The molecule has 0 unspecified atom stereocenters. The Hall–Kier alpha value is -3.29. The van der Waals surface area contributed by atoms with E-state index in [0.717, 1.165) is 17.5 Å². The Bertz CT molecular complexity index is 1070. The number of ether oxygens (including phenoxy) is 2. The Morgan fingerprint density at radius 3 is 2.38 bits per heavy atom. The minimum Gasteiger partial charge on any atom is -0.478 e. The van der Waals surface area contributed by atoms with Crippen LogP contribution < -0.4 is 0 Å². The van der Waals surface area contributed by atoms with Crippen LogP contribution in [-0.4, -0.2) is 40.1 Å². The van der Waals surface area contributed by atoms with Gasteiger partial charge in [0.2, 0.25) is 11.6 Å². The summed E-state index contributed by atoms with van der Waals surface area (Å²) in [6.45, 7) is 4.53. The van der Waals surface area contributed by atoms with E-state index >= 15 is 0 Å². The third-order valence-electron chi connectivity index (χ3n) is 5.42. The van der Waals surface area contributed by atoms with Crippen molar-refractivity contribution in [1.82, 2.24) is 14.8 Å². The molecule has 3 rings (SSSR count). The number of aromatic nitrogens is 3. The second-order valence-electron chi connectivity index (χ2n) is 7.32. The number of carbonyl (C=O) groups is 1. The van der Waals surface area contributed by atoms with Gasteiger partial charge in [-0.3, -0.25) is 0 Å². The second-order valence-corrected chi connectivity index (χ2v) is 7.32. The van der Waals surface area contributed by atoms with Gasteiger partial charge in [-0.25, -0.2) is 14.5 Å². The average molecular weight is 436 g/mol. The summed E-state index contributed by atoms with van der Waals surface area (Å²) in [5, 5.41) is 14.1. The predicted octanol–water partition coefficient (Wildman–Crippen LogP) is 4.97. The van der Waals surface area contributed by atoms with Gasteiger partial charge in [0.05, 0.1) is 12.1 Å². The van der Waals surface area contributed by atoms with Gasteiger partial charge in [0.25, 0.3) is 0 Å². The van der Waals surface area contributed by atoms with E-state index < -0.39 is 11.8 Å². The van der Waals surface area contributed by atoms with Crippen LogP contribution in [0.15, 0.2) is 54.6 Å². The molecular formula is C25H29N3O4. The molecule has 168 valence electrons. The van der Waals surface area contributed by atoms with Crippen LogP contribution in [0.5, 0.6) is 0 Å². The molecule has 0 saturated carbocycles. The SMILES string of the molecule is CCC=Cc1nc(C(CC)(OC)OC)nn1Cc1ccc(-c2ccccc2C(=O)O)cc1. The summed E-state index contributed by atoms with van der Waals surface area (Å²) in [4.78, 5) is 16.2. The summed E-state index contributed by atoms with van der Waals surface area (Å²) in [7, 11) is 3.17. The van der Waals surface area contributed by atoms with Crippen molar-refractivity contribution in [3.05, 3.63) is 77.4 Å². The number of carboxylic acid groups (broad SMARTS) is 1. The van der Waals surface area contributed by atoms with E-state index in [1.165, 1.54) is 0 Å². The highest BCUT2D eigenvalue weighted by atomic mass is 16.7. The number of hydrogen-bond acceptors (Lipinski definition) is 5. The lowest BCUT2D eigenvalue weighted by molar-refractivity contribution is -0.222. The third-order valence-corrected chi connectivity index (χ3v) is 5.42. The van der Waals surface area contributed by atoms with Crippen molar-refractivity contribution in [1.29, 1.82) is 0 Å². The number of carboxylic acids is 1. The molecule has 7 nitrogen and oxygen atoms in total. The number of methoxy groups -OCH3 is 2. The fourth-order valence-corrected chi connectivity index (χ4v) is 3.58. The smallest absolute Gasteiger partial charge is 0.336 e. The van der Waals surface area contributed by atoms with Crippen LogP contribution in [0.1, 0.15) is 54.3 Å². The van der Waals surface area contributed by atoms with E-state index in [9.17, 15) is 9.90 Å². The quantitative estimate of drug-likeness (QED) is 0.453. The standard InChI is InChI=1S/C25H29N3O4/c1-5-7-12-22-26-24(25(6-2,31-3)32-4)27-28(22)17-18-13-15-19(16-14-18)20-10-8-9-11-21(20)23(29)30/h7-16H,5-6,17H2,1-4H3,(H,29,30). The minimum absolute atomic E-state index is 0.281. The molecular weight excluding hydrogens is 406 g/mol. The maximum Gasteiger partial charge on any atom is 0.336 e. The second kappa shape index (κ2) is 10.3. The zero-order valence-electron chi connectivity index (χ0n) is 18.9. The van der Waals surface area contributed by atoms with Crippen LogP contribution in [0.3, 0.4) is 0 Å². The van der Waals surface area contributed by atoms with E-state index in [2.05, 4.69) is 17.0 Å². The van der Waals surface area contributed by atoms with Gasteiger partial charge in [-0.05, 0) is 35.3 Å². The summed E-state index contributed by atoms with van der Waals surface area (Å²) in [5.74, 6) is -0.741. The zero-order chi connectivity index (χ0) is 23.1. The number of rotatable bonds is 10. The van der Waals surface area contributed by atoms with Gasteiger partial charge < -0.3 is 14.6 Å². The van der Waals surface area contributed by atoms with Gasteiger partial charge in [0, 0.05) is 20.6 Å². The average Bonchev–Trinajstić information content (AvgIpc) is 3.22. The van der Waals surface area contributed by atoms with Crippen molar-refractivity contribution >= 4 is 12.0 Å². The molecule has 0 saturated heterocycles. The lowest BCUT2D eigenvalue weighted by atomic mass is 9.99. The van der Waals surface area contributed by atoms with Crippen molar-refractivity contribution < 1.29 is 19.4 Å². The monoisotopic (exact) mass is 435 g/mol. The molecule has 0 bridgehead atoms. The number of hydrogen-bond donors (Lipinski definition) is 1. The number of nitrogens with zero attached hydrogens (tertiary/aromatic N) is 3. The van der Waals surface area contributed by atoms with Crippen LogP contribution in [0.2, 0.25) is 0 Å². The molecule has 32 heavy (non-hydrogen) atoms. The first-order valence-electron chi connectivity index (χ1n) is 10.6. The normalized spacial score (nSPS) is 11.9. The highest BCUT2D eigenvalue weighted by molar-refractivity contribution is 5.95. The molecule has 0 amide bonds. The van der Waals surface area contributed by atoms with E-state index in [4.69, 9.17) is 9.47 Å². The van der Waals surface area contributed by atoms with Gasteiger partial charge in [0.15, 0.2) is 5.82 Å². The molecule has 0 radical (unpaired) electrons. The summed E-state index contributed by atoms with van der Waals surface area (Å²) in [5.41, 5.74) is 2.83. The Balaban J connectivity index is 1.93. The molecule has 3 aromatic rings. The van der Waals surface area contributed by atoms with Crippen LogP contribution in [0, 0.1) is 0 Å². The predicted molar refractivity (Wildman–Crippen MR) is 123 cm³/mol. The number of aromatic carboxylic acids is 1. The van der Waals surface area contributed by atoms with Crippen molar-refractivity contribution in [2.24, 2.45) is 0 Å². The first-order valence-corrected chi connectivity index (χ1v) is 10.6. The van der Waals surface area contributed by atoms with Crippen LogP contribution >= 0.6 is 0 Å². The van der Waals surface area contributed by atoms with Gasteiger partial charge in [0.1, 0.15) is 0 Å². The van der Waals surface area contributed by atoms with E-state index in [1.807, 2.05) is 60.2 Å². The lowest BCUT2D eigenvalue weighted by Crippen LogP contribution is -2.31. The van der Waals surface area contributed by atoms with Crippen molar-refractivity contribution in [2.75, 3.05) is 14.2 Å². The third kappa shape index (κ3) is 4.79. The van der Waals surface area contributed by atoms with Crippen molar-refractivity contribution in [3.8, 4) is 11.1 Å². The largest absolute Gasteiger partial charge is 0.478 e. The highest BCUT2D eigenvalue weighted by Gasteiger charge is 2.35. The molecule has 1 N–H and O–H groups in total. The molecule has 7 heteroatoms. The van der Waals surface area contributed by atoms with Gasteiger partial charge in [-0.1, -0.05) is 62.4 Å². The Labute approximate surface area is 188 Å². The summed E-state index contributed by atoms with van der Waals surface area (Å²) in [6.07, 6.45) is 5.43. The maximum absolute atomic E-state index is 11.5. The van der Waals surface area contributed by atoms with Gasteiger partial charge in [-0.15, -0.1) is 5.10 Å². The Morgan fingerprint density at radius 1 is 1.09 bits per heavy atom. The molecule has 1 aromatic heterocycles. The molecule has 0 aliphatic rings. The highest BCUT2D eigenvalue weighted by Crippen LogP contribution is 2.28. The molecule has 0 fully saturated rings. The summed E-state index contributed by atoms with van der Waals surface area (Å²) < 4.78 is 13.0. The van der Waals surface area contributed by atoms with Crippen molar-refractivity contribution in [3.63, 3.8) is 0 Å². The fourth-order valence-electron chi connectivity index (χ4n) is 3.58. The number of allylic oxidation sites excluding steroid dienone is 1. The molecule has 0 aliphatic heterocycles. The van der Waals surface area contributed by atoms with Crippen molar-refractivity contribution in [2.45, 2.75) is 39.0 Å². The van der Waals surface area contributed by atoms with Gasteiger partial charge in [-0.2, -0.15) is 0 Å². The Morgan fingerprint density at radius 2 is 1.78 bits per heavy atom.